The summed E-state index contributed by atoms with van der Waals surface area (Å²) in [6.07, 6.45) is 1.96. The molecule has 0 atom stereocenters. The first-order valence-electron chi connectivity index (χ1n) is 5.16. The Kier molecular flexibility index (Phi) is 9.87. The average Bonchev–Trinajstić information content (AvgIpc) is 2.09. The smallest absolute Gasteiger partial charge is 0.0590 e. The average molecular weight is 189 g/mol. The van der Waals surface area contributed by atoms with Crippen LogP contribution in [0.25, 0.3) is 0 Å². The Bertz CT molecular complexity index is 96.9. The third-order valence-corrected chi connectivity index (χ3v) is 1.77. The predicted molar refractivity (Wildman–Crippen MR) is 54.8 cm³/mol. The molecule has 0 bridgehead atoms. The van der Waals surface area contributed by atoms with E-state index in [0.29, 0.717) is 0 Å². The minimum Gasteiger partial charge on any atom is -0.396 e. The van der Waals surface area contributed by atoms with Crippen LogP contribution in [0.5, 0.6) is 0 Å². The topological polar surface area (TPSA) is 41.5 Å². The van der Waals surface area contributed by atoms with Crippen LogP contribution in [0.4, 0.5) is 0 Å². The second kappa shape index (κ2) is 9.96. The number of ether oxygens (including phenoxy) is 1. The molecule has 3 nitrogen and oxygen atoms in total. The number of nitrogens with one attached hydrogen (secondary N) is 1. The zero-order valence-electron chi connectivity index (χ0n) is 8.88. The van der Waals surface area contributed by atoms with E-state index in [0.717, 1.165) is 45.1 Å². The molecule has 0 rings (SSSR count). The second-order valence-electron chi connectivity index (χ2n) is 3.62. The summed E-state index contributed by atoms with van der Waals surface area (Å²) in [5.41, 5.74) is 0. The molecular formula is C10H23NO2. The van der Waals surface area contributed by atoms with E-state index in [2.05, 4.69) is 19.2 Å². The maximum atomic E-state index is 8.50. The predicted octanol–water partition coefficient (Wildman–Crippen LogP) is 1.02. The molecule has 13 heavy (non-hydrogen) atoms. The third kappa shape index (κ3) is 11.9. The lowest BCUT2D eigenvalue weighted by Gasteiger charge is -2.06. The quantitative estimate of drug-likeness (QED) is 0.532. The summed E-state index contributed by atoms with van der Waals surface area (Å²) in [6, 6.07) is 0. The first-order valence-corrected chi connectivity index (χ1v) is 5.16. The minimum atomic E-state index is 0.265. The Balaban J connectivity index is 2.84. The van der Waals surface area contributed by atoms with Gasteiger partial charge in [0.25, 0.3) is 0 Å². The summed E-state index contributed by atoms with van der Waals surface area (Å²) in [5.74, 6) is 0.724. The van der Waals surface area contributed by atoms with Gasteiger partial charge in [-0.05, 0) is 25.3 Å². The van der Waals surface area contributed by atoms with Gasteiger partial charge in [-0.2, -0.15) is 0 Å². The van der Waals surface area contributed by atoms with Crippen LogP contribution in [0, 0.1) is 5.92 Å². The van der Waals surface area contributed by atoms with Crippen LogP contribution < -0.4 is 5.32 Å². The van der Waals surface area contributed by atoms with Gasteiger partial charge in [0.1, 0.15) is 0 Å². The normalized spacial score (nSPS) is 11.1. The molecule has 80 valence electrons. The maximum Gasteiger partial charge on any atom is 0.0590 e. The zero-order chi connectivity index (χ0) is 9.94. The van der Waals surface area contributed by atoms with Crippen molar-refractivity contribution >= 4 is 0 Å². The van der Waals surface area contributed by atoms with Crippen molar-refractivity contribution in [1.29, 1.82) is 0 Å². The van der Waals surface area contributed by atoms with Crippen LogP contribution in [0.1, 0.15) is 26.7 Å². The first kappa shape index (κ1) is 12.9. The largest absolute Gasteiger partial charge is 0.396 e. The monoisotopic (exact) mass is 189 g/mol. The fraction of sp³-hybridized carbons (Fsp3) is 1.00. The van der Waals surface area contributed by atoms with Gasteiger partial charge in [-0.25, -0.2) is 0 Å². The Morgan fingerprint density at radius 1 is 1.23 bits per heavy atom. The van der Waals surface area contributed by atoms with E-state index in [1.54, 1.807) is 0 Å². The summed E-state index contributed by atoms with van der Waals surface area (Å²) in [5, 5.41) is 11.7. The van der Waals surface area contributed by atoms with Crippen LogP contribution in [-0.4, -0.2) is 38.0 Å². The van der Waals surface area contributed by atoms with Crippen molar-refractivity contribution in [2.24, 2.45) is 5.92 Å². The lowest BCUT2D eigenvalue weighted by molar-refractivity contribution is 0.125. The van der Waals surface area contributed by atoms with Gasteiger partial charge < -0.3 is 15.2 Å². The maximum absolute atomic E-state index is 8.50. The molecule has 0 radical (unpaired) electrons. The molecule has 0 aliphatic carbocycles. The van der Waals surface area contributed by atoms with E-state index in [9.17, 15) is 0 Å². The van der Waals surface area contributed by atoms with Gasteiger partial charge in [0.2, 0.25) is 0 Å². The van der Waals surface area contributed by atoms with E-state index < -0.39 is 0 Å². The Labute approximate surface area is 81.5 Å². The van der Waals surface area contributed by atoms with Crippen molar-refractivity contribution in [2.45, 2.75) is 26.7 Å². The van der Waals surface area contributed by atoms with Gasteiger partial charge in [-0.1, -0.05) is 13.8 Å². The Morgan fingerprint density at radius 3 is 2.62 bits per heavy atom. The molecule has 0 heterocycles. The van der Waals surface area contributed by atoms with Crippen molar-refractivity contribution < 1.29 is 9.84 Å². The highest BCUT2D eigenvalue weighted by Gasteiger charge is 1.93. The lowest BCUT2D eigenvalue weighted by Crippen LogP contribution is -2.21. The van der Waals surface area contributed by atoms with Gasteiger partial charge in [-0.15, -0.1) is 0 Å². The molecule has 0 aromatic rings. The van der Waals surface area contributed by atoms with Crippen molar-refractivity contribution in [3.63, 3.8) is 0 Å². The van der Waals surface area contributed by atoms with E-state index in [4.69, 9.17) is 9.84 Å². The summed E-state index contributed by atoms with van der Waals surface area (Å²) in [4.78, 5) is 0. The van der Waals surface area contributed by atoms with E-state index in [-0.39, 0.29) is 6.61 Å². The Hall–Kier alpha value is -0.120. The highest BCUT2D eigenvalue weighted by atomic mass is 16.5. The number of aliphatic hydroxyl groups excluding tert-OH is 1. The number of hydrogen-bond acceptors (Lipinski definition) is 3. The van der Waals surface area contributed by atoms with Crippen molar-refractivity contribution in [2.75, 3.05) is 32.9 Å². The lowest BCUT2D eigenvalue weighted by atomic mass is 10.1. The van der Waals surface area contributed by atoms with E-state index in [1.165, 1.54) is 0 Å². The highest BCUT2D eigenvalue weighted by Crippen LogP contribution is 1.97. The second-order valence-corrected chi connectivity index (χ2v) is 3.62. The van der Waals surface area contributed by atoms with Crippen LogP contribution in [0.3, 0.4) is 0 Å². The molecule has 0 aromatic carbocycles. The van der Waals surface area contributed by atoms with Gasteiger partial charge in [0, 0.05) is 19.8 Å². The van der Waals surface area contributed by atoms with Crippen molar-refractivity contribution in [1.82, 2.24) is 5.32 Å². The molecule has 2 N–H and O–H groups in total. The van der Waals surface area contributed by atoms with Crippen molar-refractivity contribution in [3.8, 4) is 0 Å². The van der Waals surface area contributed by atoms with Crippen LogP contribution in [0.2, 0.25) is 0 Å². The van der Waals surface area contributed by atoms with Gasteiger partial charge in [0.05, 0.1) is 6.61 Å². The fourth-order valence-corrected chi connectivity index (χ4v) is 0.894. The van der Waals surface area contributed by atoms with Crippen molar-refractivity contribution in [3.05, 3.63) is 0 Å². The number of hydrogen-bond donors (Lipinski definition) is 2. The minimum absolute atomic E-state index is 0.265. The molecule has 0 amide bonds. The fourth-order valence-electron chi connectivity index (χ4n) is 0.894. The first-order chi connectivity index (χ1) is 6.27. The number of rotatable bonds is 9. The molecule has 0 saturated heterocycles. The molecule has 0 unspecified atom stereocenters. The molecule has 0 saturated carbocycles. The van der Waals surface area contributed by atoms with Gasteiger partial charge in [0.15, 0.2) is 0 Å². The summed E-state index contributed by atoms with van der Waals surface area (Å²) >= 11 is 0. The molecule has 0 aliphatic rings. The van der Waals surface area contributed by atoms with E-state index >= 15 is 0 Å². The number of aliphatic hydroxyl groups is 1. The van der Waals surface area contributed by atoms with Crippen LogP contribution in [-0.2, 0) is 4.74 Å². The highest BCUT2D eigenvalue weighted by molar-refractivity contribution is 4.47. The summed E-state index contributed by atoms with van der Waals surface area (Å²) in [6.45, 7) is 8.06. The molecule has 0 aliphatic heterocycles. The standard InChI is InChI=1S/C10H23NO2/c1-10(2)4-8-13-9-6-11-5-3-7-12/h10-12H,3-9H2,1-2H3. The molecule has 0 spiro atoms. The van der Waals surface area contributed by atoms with Crippen LogP contribution >= 0.6 is 0 Å². The molecule has 3 heteroatoms. The zero-order valence-corrected chi connectivity index (χ0v) is 8.88. The Morgan fingerprint density at radius 2 is 2.00 bits per heavy atom. The van der Waals surface area contributed by atoms with Gasteiger partial charge in [-0.3, -0.25) is 0 Å². The third-order valence-electron chi connectivity index (χ3n) is 1.77. The summed E-state index contributed by atoms with van der Waals surface area (Å²) < 4.78 is 5.40. The van der Waals surface area contributed by atoms with Crippen LogP contribution in [0.15, 0.2) is 0 Å². The molecule has 0 fully saturated rings. The van der Waals surface area contributed by atoms with Gasteiger partial charge >= 0.3 is 0 Å². The van der Waals surface area contributed by atoms with E-state index in [1.807, 2.05) is 0 Å². The molecular weight excluding hydrogens is 166 g/mol. The SMILES string of the molecule is CC(C)CCOCCNCCCO. The molecule has 0 aromatic heterocycles. The summed E-state index contributed by atoms with van der Waals surface area (Å²) in [7, 11) is 0.